The van der Waals surface area contributed by atoms with Gasteiger partial charge in [0.15, 0.2) is 0 Å². The molecule has 2 heterocycles. The summed E-state index contributed by atoms with van der Waals surface area (Å²) in [7, 11) is 1.08. The van der Waals surface area contributed by atoms with Gasteiger partial charge in [0.25, 0.3) is 11.8 Å². The zero-order valence-corrected chi connectivity index (χ0v) is 19.9. The highest BCUT2D eigenvalue weighted by Crippen LogP contribution is 2.25. The molecule has 0 unspecified atom stereocenters. The molecule has 0 saturated carbocycles. The van der Waals surface area contributed by atoms with E-state index in [-0.39, 0.29) is 36.0 Å². The molecule has 0 aliphatic carbocycles. The van der Waals surface area contributed by atoms with Gasteiger partial charge in [-0.05, 0) is 37.4 Å². The van der Waals surface area contributed by atoms with Crippen molar-refractivity contribution in [3.8, 4) is 0 Å². The van der Waals surface area contributed by atoms with E-state index in [0.717, 1.165) is 29.4 Å². The number of amides is 3. The highest BCUT2D eigenvalue weighted by atomic mass is 35.5. The maximum atomic E-state index is 14.7. The fourth-order valence-corrected chi connectivity index (χ4v) is 4.32. The Hall–Kier alpha value is -2.74. The van der Waals surface area contributed by atoms with Crippen LogP contribution >= 0.6 is 22.9 Å². The van der Waals surface area contributed by atoms with Crippen molar-refractivity contribution < 1.29 is 36.7 Å². The Balaban J connectivity index is 1.73. The first-order chi connectivity index (χ1) is 16.4. The number of rotatable bonds is 8. The molecule has 1 aliphatic heterocycles. The second-order valence-electron chi connectivity index (χ2n) is 7.61. The number of hydrogen-bond acceptors (Lipinski definition) is 6. The highest BCUT2D eigenvalue weighted by Gasteiger charge is 2.35. The van der Waals surface area contributed by atoms with E-state index in [1.165, 1.54) is 29.2 Å². The minimum absolute atomic E-state index is 0.0103. The molecule has 1 aromatic carbocycles. The van der Waals surface area contributed by atoms with Crippen LogP contribution in [0.3, 0.4) is 0 Å². The number of likely N-dealkylation sites (N-methyl/N-ethyl adjacent to an activating group) is 1. The van der Waals surface area contributed by atoms with Gasteiger partial charge in [-0.2, -0.15) is 13.2 Å². The summed E-state index contributed by atoms with van der Waals surface area (Å²) in [6.07, 6.45) is -4.60. The number of carbonyl (C=O) groups excluding carboxylic acids is 3. The van der Waals surface area contributed by atoms with Gasteiger partial charge in [-0.3, -0.25) is 19.3 Å². The van der Waals surface area contributed by atoms with Crippen LogP contribution in [0.2, 0.25) is 4.34 Å². The lowest BCUT2D eigenvalue weighted by Gasteiger charge is -2.28. The molecule has 2 N–H and O–H groups in total. The van der Waals surface area contributed by atoms with Crippen molar-refractivity contribution in [1.82, 2.24) is 10.2 Å². The van der Waals surface area contributed by atoms with Gasteiger partial charge in [0, 0.05) is 18.8 Å². The molecular weight excluding hydrogens is 516 g/mol. The summed E-state index contributed by atoms with van der Waals surface area (Å²) < 4.78 is 58.9. The summed E-state index contributed by atoms with van der Waals surface area (Å²) in [6, 6.07) is 5.07. The average molecular weight is 537 g/mol. The third-order valence-corrected chi connectivity index (χ3v) is 6.24. The minimum Gasteiger partial charge on any atom is -0.370 e. The lowest BCUT2D eigenvalue weighted by Crippen LogP contribution is -2.51. The van der Waals surface area contributed by atoms with Crippen molar-refractivity contribution in [2.75, 3.05) is 50.1 Å². The molecule has 1 fully saturated rings. The molecule has 0 spiro atoms. The number of anilines is 2. The van der Waals surface area contributed by atoms with Crippen LogP contribution < -0.4 is 15.5 Å². The molecule has 190 valence electrons. The quantitative estimate of drug-likeness (QED) is 0.506. The third kappa shape index (κ3) is 7.37. The van der Waals surface area contributed by atoms with Crippen LogP contribution in [-0.2, 0) is 14.3 Å². The van der Waals surface area contributed by atoms with Crippen LogP contribution in [0.4, 0.5) is 28.9 Å². The number of nitrogens with zero attached hydrogens (tertiary/aromatic N) is 2. The minimum atomic E-state index is -4.60. The van der Waals surface area contributed by atoms with Crippen molar-refractivity contribution >= 4 is 52.0 Å². The Kier molecular flexibility index (Phi) is 8.70. The summed E-state index contributed by atoms with van der Waals surface area (Å²) in [5.74, 6) is -2.73. The Morgan fingerprint density at radius 2 is 2.03 bits per heavy atom. The van der Waals surface area contributed by atoms with E-state index in [1.807, 2.05) is 0 Å². The fraction of sp³-hybridized carbons (Fsp3) is 0.381. The molecule has 1 atom stereocenters. The number of morpholine rings is 1. The van der Waals surface area contributed by atoms with Crippen molar-refractivity contribution in [2.45, 2.75) is 12.2 Å². The number of carbonyl (C=O) groups is 3. The molecule has 1 saturated heterocycles. The van der Waals surface area contributed by atoms with E-state index < -0.39 is 48.8 Å². The molecule has 35 heavy (non-hydrogen) atoms. The zero-order valence-electron chi connectivity index (χ0n) is 18.3. The van der Waals surface area contributed by atoms with E-state index in [9.17, 15) is 31.9 Å². The number of alkyl halides is 3. The van der Waals surface area contributed by atoms with Gasteiger partial charge < -0.3 is 20.3 Å². The molecule has 3 amide bonds. The summed E-state index contributed by atoms with van der Waals surface area (Å²) in [5.41, 5.74) is -0.0392. The molecule has 1 aliphatic rings. The lowest BCUT2D eigenvalue weighted by molar-refractivity contribution is -0.150. The zero-order chi connectivity index (χ0) is 25.8. The summed E-state index contributed by atoms with van der Waals surface area (Å²) in [4.78, 5) is 39.2. The SMILES string of the molecule is CN(CC(F)(F)F)[C@H](CNC(=O)c1ccc(Cl)s1)C(=O)Nc1ccc(N2CCOCC2=O)c(F)c1. The summed E-state index contributed by atoms with van der Waals surface area (Å²) in [6.45, 7) is -1.66. The Morgan fingerprint density at radius 3 is 2.63 bits per heavy atom. The van der Waals surface area contributed by atoms with Gasteiger partial charge in [-0.25, -0.2) is 4.39 Å². The molecule has 0 bridgehead atoms. The van der Waals surface area contributed by atoms with Crippen molar-refractivity contribution in [1.29, 1.82) is 0 Å². The average Bonchev–Trinajstić information content (AvgIpc) is 3.20. The Bertz CT molecular complexity index is 1100. The second-order valence-corrected chi connectivity index (χ2v) is 9.33. The first-order valence-corrected chi connectivity index (χ1v) is 11.4. The van der Waals surface area contributed by atoms with Gasteiger partial charge in [0.05, 0.1) is 28.1 Å². The molecule has 8 nitrogen and oxygen atoms in total. The molecule has 1 aromatic heterocycles. The monoisotopic (exact) mass is 536 g/mol. The van der Waals surface area contributed by atoms with Crippen LogP contribution in [0.5, 0.6) is 0 Å². The number of benzene rings is 1. The van der Waals surface area contributed by atoms with Crippen LogP contribution in [0.15, 0.2) is 30.3 Å². The molecule has 0 radical (unpaired) electrons. The van der Waals surface area contributed by atoms with Gasteiger partial charge in [0.2, 0.25) is 5.91 Å². The van der Waals surface area contributed by atoms with E-state index in [1.54, 1.807) is 0 Å². The van der Waals surface area contributed by atoms with Gasteiger partial charge in [0.1, 0.15) is 18.5 Å². The van der Waals surface area contributed by atoms with E-state index in [0.29, 0.717) is 4.34 Å². The van der Waals surface area contributed by atoms with Crippen LogP contribution in [0.1, 0.15) is 9.67 Å². The predicted molar refractivity (Wildman–Crippen MR) is 122 cm³/mol. The van der Waals surface area contributed by atoms with Crippen LogP contribution in [0.25, 0.3) is 0 Å². The molecule has 2 aromatic rings. The van der Waals surface area contributed by atoms with E-state index in [2.05, 4.69) is 10.6 Å². The normalized spacial score (nSPS) is 15.3. The van der Waals surface area contributed by atoms with Crippen LogP contribution in [-0.4, -0.2) is 74.7 Å². The lowest BCUT2D eigenvalue weighted by atomic mass is 10.2. The maximum Gasteiger partial charge on any atom is 0.401 e. The fourth-order valence-electron chi connectivity index (χ4n) is 3.36. The van der Waals surface area contributed by atoms with Gasteiger partial charge in [-0.1, -0.05) is 11.6 Å². The largest absolute Gasteiger partial charge is 0.401 e. The molecule has 3 rings (SSSR count). The molecular formula is C21H21ClF4N4O4S. The molecule has 14 heteroatoms. The first kappa shape index (κ1) is 26.9. The third-order valence-electron chi connectivity index (χ3n) is 5.01. The van der Waals surface area contributed by atoms with Gasteiger partial charge >= 0.3 is 6.18 Å². The number of nitrogens with one attached hydrogen (secondary N) is 2. The van der Waals surface area contributed by atoms with Gasteiger partial charge in [-0.15, -0.1) is 11.3 Å². The number of thiophene rings is 1. The summed E-state index contributed by atoms with van der Waals surface area (Å²) in [5, 5.41) is 4.80. The van der Waals surface area contributed by atoms with E-state index >= 15 is 0 Å². The number of halogens is 5. The highest BCUT2D eigenvalue weighted by molar-refractivity contribution is 7.18. The number of hydrogen-bond donors (Lipinski definition) is 2. The van der Waals surface area contributed by atoms with Crippen molar-refractivity contribution in [3.05, 3.63) is 45.4 Å². The standard InChI is InChI=1S/C21H21ClF4N4O4S/c1-29(11-21(24,25)26)15(9-27-20(33)16-4-5-17(22)35-16)19(32)28-12-2-3-14(13(23)8-12)30-6-7-34-10-18(30)31/h2-5,8,15H,6-7,9-11H2,1H3,(H,27,33)(H,28,32)/t15-/m1/s1. The number of ether oxygens (including phenoxy) is 1. The second kappa shape index (κ2) is 11.3. The predicted octanol–water partition coefficient (Wildman–Crippen LogP) is 3.14. The van der Waals surface area contributed by atoms with Crippen LogP contribution in [0, 0.1) is 5.82 Å². The smallest absolute Gasteiger partial charge is 0.370 e. The topological polar surface area (TPSA) is 91.0 Å². The van der Waals surface area contributed by atoms with Crippen molar-refractivity contribution in [3.63, 3.8) is 0 Å². The Labute approximate surface area is 206 Å². The Morgan fingerprint density at radius 1 is 1.29 bits per heavy atom. The maximum absolute atomic E-state index is 14.7. The summed E-state index contributed by atoms with van der Waals surface area (Å²) >= 11 is 6.77. The first-order valence-electron chi connectivity index (χ1n) is 10.2. The van der Waals surface area contributed by atoms with E-state index in [4.69, 9.17) is 16.3 Å². The van der Waals surface area contributed by atoms with Crippen molar-refractivity contribution in [2.24, 2.45) is 0 Å².